The van der Waals surface area contributed by atoms with Crippen LogP contribution in [0.1, 0.15) is 10.4 Å². The highest BCUT2D eigenvalue weighted by Gasteiger charge is 2.15. The summed E-state index contributed by atoms with van der Waals surface area (Å²) < 4.78 is 4.83. The first-order valence-electron chi connectivity index (χ1n) is 4.76. The van der Waals surface area contributed by atoms with E-state index in [9.17, 15) is 14.7 Å². The first kappa shape index (κ1) is 14.0. The Morgan fingerprint density at radius 2 is 2.17 bits per heavy atom. The van der Waals surface area contributed by atoms with Crippen molar-refractivity contribution in [2.75, 3.05) is 11.9 Å². The van der Waals surface area contributed by atoms with Gasteiger partial charge >= 0.3 is 12.1 Å². The number of benzene rings is 1. The van der Waals surface area contributed by atoms with Gasteiger partial charge in [-0.15, -0.1) is 0 Å². The maximum absolute atomic E-state index is 11.2. The zero-order valence-corrected chi connectivity index (χ0v) is 10.7. The van der Waals surface area contributed by atoms with Crippen molar-refractivity contribution in [1.29, 1.82) is 0 Å². The molecule has 96 valence electrons. The van der Waals surface area contributed by atoms with E-state index < -0.39 is 17.8 Å². The largest absolute Gasteiger partial charge is 0.506 e. The monoisotopic (exact) mass is 315 g/mol. The van der Waals surface area contributed by atoms with Crippen molar-refractivity contribution < 1.29 is 24.5 Å². The molecule has 0 saturated carbocycles. The van der Waals surface area contributed by atoms with Gasteiger partial charge in [-0.05, 0) is 28.1 Å². The summed E-state index contributed by atoms with van der Waals surface area (Å²) >= 11 is 2.99. The minimum atomic E-state index is -1.31. The van der Waals surface area contributed by atoms with Gasteiger partial charge in [0.05, 0.1) is 4.47 Å². The third kappa shape index (κ3) is 3.49. The molecule has 7 heteroatoms. The lowest BCUT2D eigenvalue weighted by molar-refractivity contribution is 0.0693. The molecule has 0 unspecified atom stereocenters. The first-order chi connectivity index (χ1) is 8.45. The van der Waals surface area contributed by atoms with E-state index in [1.165, 1.54) is 12.1 Å². The van der Waals surface area contributed by atoms with Crippen LogP contribution < -0.4 is 5.32 Å². The molecule has 0 spiro atoms. The summed E-state index contributed by atoms with van der Waals surface area (Å²) in [6.45, 7) is 3.42. The standard InChI is InChI=1S/C11H10BrNO5/c1-2-3-18-11(17)13-6-4-7(10(15)16)9(14)8(12)5-6/h2,4-5,14H,1,3H2,(H,13,17)(H,15,16). The molecule has 0 radical (unpaired) electrons. The number of carbonyl (C=O) groups is 2. The van der Waals surface area contributed by atoms with E-state index in [0.29, 0.717) is 0 Å². The van der Waals surface area contributed by atoms with E-state index in [2.05, 4.69) is 32.6 Å². The van der Waals surface area contributed by atoms with Crippen LogP contribution in [0.3, 0.4) is 0 Å². The minimum absolute atomic E-state index is 0.0386. The summed E-state index contributed by atoms with van der Waals surface area (Å²) in [5, 5.41) is 20.7. The average Bonchev–Trinajstić information content (AvgIpc) is 2.30. The molecule has 1 aromatic carbocycles. The second kappa shape index (κ2) is 6.06. The van der Waals surface area contributed by atoms with Crippen LogP contribution in [0.2, 0.25) is 0 Å². The number of nitrogens with one attached hydrogen (secondary N) is 1. The summed E-state index contributed by atoms with van der Waals surface area (Å²) in [6, 6.07) is 2.48. The first-order valence-corrected chi connectivity index (χ1v) is 5.55. The SMILES string of the molecule is C=CCOC(=O)Nc1cc(Br)c(O)c(C(=O)O)c1. The topological polar surface area (TPSA) is 95.9 Å². The number of phenols is 1. The molecule has 0 heterocycles. The van der Waals surface area contributed by atoms with E-state index in [4.69, 9.17) is 5.11 Å². The van der Waals surface area contributed by atoms with Crippen LogP contribution in [0.25, 0.3) is 0 Å². The zero-order chi connectivity index (χ0) is 13.7. The lowest BCUT2D eigenvalue weighted by Crippen LogP contribution is -2.14. The van der Waals surface area contributed by atoms with E-state index in [-0.39, 0.29) is 22.3 Å². The van der Waals surface area contributed by atoms with Gasteiger partial charge in [0.1, 0.15) is 17.9 Å². The number of hydrogen-bond acceptors (Lipinski definition) is 4. The number of carbonyl (C=O) groups excluding carboxylic acids is 1. The number of carboxylic acid groups (broad SMARTS) is 1. The molecule has 0 fully saturated rings. The molecule has 1 aromatic rings. The molecule has 18 heavy (non-hydrogen) atoms. The number of halogens is 1. The van der Waals surface area contributed by atoms with Crippen molar-refractivity contribution in [2.45, 2.75) is 0 Å². The van der Waals surface area contributed by atoms with Crippen LogP contribution in [0.4, 0.5) is 10.5 Å². The summed E-state index contributed by atoms with van der Waals surface area (Å²) in [5.74, 6) is -1.72. The Hall–Kier alpha value is -2.02. The molecule has 0 saturated heterocycles. The van der Waals surface area contributed by atoms with Crippen molar-refractivity contribution in [3.63, 3.8) is 0 Å². The van der Waals surface area contributed by atoms with Gasteiger partial charge in [-0.25, -0.2) is 9.59 Å². The molecular weight excluding hydrogens is 306 g/mol. The third-order valence-corrected chi connectivity index (χ3v) is 2.48. The zero-order valence-electron chi connectivity index (χ0n) is 9.14. The number of ether oxygens (including phenoxy) is 1. The van der Waals surface area contributed by atoms with Crippen molar-refractivity contribution in [3.8, 4) is 5.75 Å². The summed E-state index contributed by atoms with van der Waals surface area (Å²) in [6.07, 6.45) is 0.651. The van der Waals surface area contributed by atoms with Crippen molar-refractivity contribution in [2.24, 2.45) is 0 Å². The Morgan fingerprint density at radius 1 is 1.50 bits per heavy atom. The predicted octanol–water partition coefficient (Wildman–Crippen LogP) is 2.59. The van der Waals surface area contributed by atoms with E-state index in [1.807, 2.05) is 0 Å². The Kier molecular flexibility index (Phi) is 4.73. The molecule has 3 N–H and O–H groups in total. The van der Waals surface area contributed by atoms with Gasteiger partial charge in [0.15, 0.2) is 0 Å². The highest BCUT2D eigenvalue weighted by molar-refractivity contribution is 9.10. The molecule has 0 aliphatic carbocycles. The number of aromatic hydroxyl groups is 1. The molecule has 0 aromatic heterocycles. The number of hydrogen-bond donors (Lipinski definition) is 3. The van der Waals surface area contributed by atoms with Gasteiger partial charge in [-0.2, -0.15) is 0 Å². The fraction of sp³-hybridized carbons (Fsp3) is 0.0909. The lowest BCUT2D eigenvalue weighted by atomic mass is 10.2. The predicted molar refractivity (Wildman–Crippen MR) is 67.9 cm³/mol. The fourth-order valence-electron chi connectivity index (χ4n) is 1.12. The third-order valence-electron chi connectivity index (χ3n) is 1.87. The Balaban J connectivity index is 2.94. The summed E-state index contributed by atoms with van der Waals surface area (Å²) in [7, 11) is 0. The Bertz CT molecular complexity index is 500. The van der Waals surface area contributed by atoms with Crippen LogP contribution >= 0.6 is 15.9 Å². The molecule has 0 aliphatic heterocycles. The number of anilines is 1. The van der Waals surface area contributed by atoms with Gasteiger partial charge in [0.2, 0.25) is 0 Å². The molecule has 1 amide bonds. The second-order valence-corrected chi connectivity index (χ2v) is 4.03. The maximum Gasteiger partial charge on any atom is 0.411 e. The van der Waals surface area contributed by atoms with Crippen LogP contribution in [-0.2, 0) is 4.74 Å². The average molecular weight is 316 g/mol. The van der Waals surface area contributed by atoms with Gasteiger partial charge in [-0.3, -0.25) is 5.32 Å². The second-order valence-electron chi connectivity index (χ2n) is 3.17. The molecule has 0 atom stereocenters. The number of rotatable bonds is 4. The maximum atomic E-state index is 11.2. The molecule has 6 nitrogen and oxygen atoms in total. The smallest absolute Gasteiger partial charge is 0.411 e. The highest BCUT2D eigenvalue weighted by atomic mass is 79.9. The van der Waals surface area contributed by atoms with E-state index in [0.717, 1.165) is 6.07 Å². The quantitative estimate of drug-likeness (QED) is 0.586. The van der Waals surface area contributed by atoms with Crippen LogP contribution in [0.5, 0.6) is 5.75 Å². The lowest BCUT2D eigenvalue weighted by Gasteiger charge is -2.08. The van der Waals surface area contributed by atoms with Crippen molar-refractivity contribution in [1.82, 2.24) is 0 Å². The van der Waals surface area contributed by atoms with Gasteiger partial charge in [0, 0.05) is 5.69 Å². The van der Waals surface area contributed by atoms with Gasteiger partial charge < -0.3 is 14.9 Å². The van der Waals surface area contributed by atoms with Crippen LogP contribution in [-0.4, -0.2) is 28.9 Å². The van der Waals surface area contributed by atoms with Gasteiger partial charge in [0.25, 0.3) is 0 Å². The highest BCUT2D eigenvalue weighted by Crippen LogP contribution is 2.31. The minimum Gasteiger partial charge on any atom is -0.506 e. The van der Waals surface area contributed by atoms with Gasteiger partial charge in [-0.1, -0.05) is 12.7 Å². The number of carboxylic acids is 1. The molecule has 0 bridgehead atoms. The number of amides is 1. The molecular formula is C11H10BrNO5. The van der Waals surface area contributed by atoms with Crippen molar-refractivity contribution >= 4 is 33.7 Å². The molecule has 0 aliphatic rings. The van der Waals surface area contributed by atoms with Crippen molar-refractivity contribution in [3.05, 3.63) is 34.8 Å². The van der Waals surface area contributed by atoms with Crippen LogP contribution in [0.15, 0.2) is 29.3 Å². The normalized spacial score (nSPS) is 9.61. The van der Waals surface area contributed by atoms with E-state index >= 15 is 0 Å². The Morgan fingerprint density at radius 3 is 2.72 bits per heavy atom. The summed E-state index contributed by atoms with van der Waals surface area (Å²) in [4.78, 5) is 22.1. The van der Waals surface area contributed by atoms with E-state index in [1.54, 1.807) is 0 Å². The number of aromatic carboxylic acids is 1. The fourth-order valence-corrected chi connectivity index (χ4v) is 1.58. The summed E-state index contributed by atoms with van der Waals surface area (Å²) in [5.41, 5.74) is -0.144. The van der Waals surface area contributed by atoms with Crippen LogP contribution in [0, 0.1) is 0 Å². The molecule has 1 rings (SSSR count). The Labute approximate surface area is 111 Å².